The monoisotopic (exact) mass is 367 g/mol. The fraction of sp³-hybridized carbons (Fsp3) is 0.450. The van der Waals surface area contributed by atoms with E-state index in [1.165, 1.54) is 0 Å². The van der Waals surface area contributed by atoms with Crippen molar-refractivity contribution in [2.75, 3.05) is 18.0 Å². The molecule has 1 aromatic heterocycles. The maximum absolute atomic E-state index is 12.4. The van der Waals surface area contributed by atoms with E-state index in [-0.39, 0.29) is 11.5 Å². The molecule has 0 bridgehead atoms. The second-order valence-electron chi connectivity index (χ2n) is 7.58. The minimum Gasteiger partial charge on any atom is -0.450 e. The van der Waals surface area contributed by atoms with Crippen LogP contribution < -0.4 is 10.5 Å². The summed E-state index contributed by atoms with van der Waals surface area (Å²) < 4.78 is 5.78. The molecule has 0 radical (unpaired) electrons. The van der Waals surface area contributed by atoms with E-state index in [2.05, 4.69) is 9.97 Å². The number of hydrogen-bond acceptors (Lipinski definition) is 6. The quantitative estimate of drug-likeness (QED) is 0.747. The van der Waals surface area contributed by atoms with Gasteiger partial charge in [0, 0.05) is 37.1 Å². The molecule has 5 rings (SSSR count). The highest BCUT2D eigenvalue weighted by atomic mass is 16.6. The van der Waals surface area contributed by atoms with Gasteiger partial charge in [0.1, 0.15) is 5.60 Å². The molecule has 7 nitrogen and oxygen atoms in total. The molecule has 1 saturated heterocycles. The number of nitrogens with zero attached hydrogens (tertiary/aromatic N) is 2. The third kappa shape index (κ3) is 2.49. The van der Waals surface area contributed by atoms with E-state index in [1.807, 2.05) is 29.2 Å². The minimum atomic E-state index is -0.673. The van der Waals surface area contributed by atoms with Crippen LogP contribution >= 0.6 is 0 Å². The van der Waals surface area contributed by atoms with Crippen molar-refractivity contribution in [2.24, 2.45) is 0 Å². The Balaban J connectivity index is 1.42. The first-order valence-corrected chi connectivity index (χ1v) is 9.46. The maximum atomic E-state index is 12.4. The highest BCUT2D eigenvalue weighted by Gasteiger charge is 2.47. The van der Waals surface area contributed by atoms with E-state index in [1.54, 1.807) is 0 Å². The number of H-pyrrole nitrogens is 1. The molecule has 2 aliphatic heterocycles. The molecule has 140 valence electrons. The van der Waals surface area contributed by atoms with Gasteiger partial charge in [-0.05, 0) is 25.3 Å². The molecule has 1 aromatic carbocycles. The molecule has 27 heavy (non-hydrogen) atoms. The van der Waals surface area contributed by atoms with Crippen LogP contribution in [-0.2, 0) is 16.8 Å². The smallest absolute Gasteiger partial charge is 0.339 e. The summed E-state index contributed by atoms with van der Waals surface area (Å²) in [5.74, 6) is 0.231. The van der Waals surface area contributed by atoms with Crippen LogP contribution in [0, 0.1) is 0 Å². The molecule has 0 amide bonds. The Bertz CT molecular complexity index is 975. The van der Waals surface area contributed by atoms with Gasteiger partial charge in [-0.15, -0.1) is 0 Å². The summed E-state index contributed by atoms with van der Waals surface area (Å²) >= 11 is 0. The number of nitrogens with one attached hydrogen (secondary N) is 1. The van der Waals surface area contributed by atoms with Gasteiger partial charge in [-0.3, -0.25) is 9.78 Å². The lowest BCUT2D eigenvalue weighted by Crippen LogP contribution is -2.44. The number of carbonyl (C=O) groups excluding carboxylic acids is 1. The van der Waals surface area contributed by atoms with Gasteiger partial charge < -0.3 is 14.7 Å². The lowest BCUT2D eigenvalue weighted by molar-refractivity contribution is -0.0211. The third-order valence-electron chi connectivity index (χ3n) is 6.05. The summed E-state index contributed by atoms with van der Waals surface area (Å²) in [6, 6.07) is 7.55. The molecule has 2 N–H and O–H groups in total. The highest BCUT2D eigenvalue weighted by Crippen LogP contribution is 2.44. The number of anilines is 1. The molecule has 3 heterocycles. The largest absolute Gasteiger partial charge is 0.450 e. The number of piperidine rings is 1. The molecule has 1 fully saturated rings. The zero-order chi connectivity index (χ0) is 18.6. The summed E-state index contributed by atoms with van der Waals surface area (Å²) in [5.41, 5.74) is 1.97. The normalized spacial score (nSPS) is 23.1. The fourth-order valence-corrected chi connectivity index (χ4v) is 4.58. The second kappa shape index (κ2) is 5.92. The van der Waals surface area contributed by atoms with Crippen molar-refractivity contribution in [2.45, 2.75) is 43.8 Å². The fourth-order valence-electron chi connectivity index (χ4n) is 4.58. The van der Waals surface area contributed by atoms with Crippen LogP contribution in [0.25, 0.3) is 0 Å². The Morgan fingerprint density at radius 3 is 2.81 bits per heavy atom. The van der Waals surface area contributed by atoms with Crippen molar-refractivity contribution in [3.05, 3.63) is 57.0 Å². The number of esters is 1. The van der Waals surface area contributed by atoms with Crippen LogP contribution in [0.1, 0.15) is 59.0 Å². The minimum absolute atomic E-state index is 0.160. The van der Waals surface area contributed by atoms with Crippen LogP contribution in [-0.4, -0.2) is 34.1 Å². The first-order chi connectivity index (χ1) is 13.1. The molecule has 2 aromatic rings. The molecule has 3 aliphatic rings. The van der Waals surface area contributed by atoms with Crippen molar-refractivity contribution >= 4 is 11.9 Å². The number of carbonyl (C=O) groups is 1. The standard InChI is InChI=1S/C20H21N3O4/c24-15-7-3-5-13-16(15)21-19(22-17(13)25)23-10-8-20(9-11-23)14-6-2-1-4-12(14)18(26)27-20/h1-2,4,6,15,24H,3,5,7-11H2,(H,21,22,25). The summed E-state index contributed by atoms with van der Waals surface area (Å²) in [7, 11) is 0. The Morgan fingerprint density at radius 1 is 1.22 bits per heavy atom. The summed E-state index contributed by atoms with van der Waals surface area (Å²) in [4.78, 5) is 34.1. The zero-order valence-corrected chi connectivity index (χ0v) is 14.9. The number of benzene rings is 1. The van der Waals surface area contributed by atoms with Gasteiger partial charge in [-0.2, -0.15) is 0 Å². The van der Waals surface area contributed by atoms with Gasteiger partial charge in [0.25, 0.3) is 5.56 Å². The molecular formula is C20H21N3O4. The van der Waals surface area contributed by atoms with Gasteiger partial charge in [0.05, 0.1) is 17.4 Å². The highest BCUT2D eigenvalue weighted by molar-refractivity contribution is 5.94. The SMILES string of the molecule is O=C1OC2(CCN(c3nc4c(c(=O)[nH]3)CCCC4O)CC2)c2ccccc21. The van der Waals surface area contributed by atoms with Crippen molar-refractivity contribution < 1.29 is 14.6 Å². The molecule has 1 aliphatic carbocycles. The third-order valence-corrected chi connectivity index (χ3v) is 6.05. The number of aromatic nitrogens is 2. The maximum Gasteiger partial charge on any atom is 0.339 e. The van der Waals surface area contributed by atoms with E-state index in [4.69, 9.17) is 4.74 Å². The average molecular weight is 367 g/mol. The van der Waals surface area contributed by atoms with Crippen LogP contribution in [0.2, 0.25) is 0 Å². The first kappa shape index (κ1) is 16.5. The van der Waals surface area contributed by atoms with Gasteiger partial charge in [-0.25, -0.2) is 9.78 Å². The Morgan fingerprint density at radius 2 is 2.00 bits per heavy atom. The lowest BCUT2D eigenvalue weighted by Gasteiger charge is -2.39. The van der Waals surface area contributed by atoms with Crippen LogP contribution in [0.3, 0.4) is 0 Å². The zero-order valence-electron chi connectivity index (χ0n) is 14.9. The van der Waals surface area contributed by atoms with Crippen molar-refractivity contribution in [1.29, 1.82) is 0 Å². The first-order valence-electron chi connectivity index (χ1n) is 9.46. The van der Waals surface area contributed by atoms with E-state index in [0.717, 1.165) is 12.0 Å². The van der Waals surface area contributed by atoms with E-state index >= 15 is 0 Å². The van der Waals surface area contributed by atoms with Gasteiger partial charge in [-0.1, -0.05) is 18.2 Å². The predicted molar refractivity (Wildman–Crippen MR) is 97.7 cm³/mol. The van der Waals surface area contributed by atoms with E-state index in [9.17, 15) is 14.7 Å². The molecular weight excluding hydrogens is 346 g/mol. The summed E-state index contributed by atoms with van der Waals surface area (Å²) in [5, 5.41) is 10.2. The molecule has 1 unspecified atom stereocenters. The molecule has 1 atom stereocenters. The number of aliphatic hydroxyl groups excluding tert-OH is 1. The Hall–Kier alpha value is -2.67. The van der Waals surface area contributed by atoms with Gasteiger partial charge in [0.2, 0.25) is 5.95 Å². The number of fused-ring (bicyclic) bond motifs is 3. The second-order valence-corrected chi connectivity index (χ2v) is 7.58. The lowest BCUT2D eigenvalue weighted by atomic mass is 9.84. The number of aliphatic hydroxyl groups is 1. The van der Waals surface area contributed by atoms with Crippen LogP contribution in [0.5, 0.6) is 0 Å². The average Bonchev–Trinajstić information content (AvgIpc) is 2.95. The Kier molecular flexibility index (Phi) is 3.62. The summed E-state index contributed by atoms with van der Waals surface area (Å²) in [6.07, 6.45) is 2.70. The van der Waals surface area contributed by atoms with E-state index < -0.39 is 11.7 Å². The van der Waals surface area contributed by atoms with Gasteiger partial charge in [0.15, 0.2) is 0 Å². The Labute approximate surface area is 156 Å². The van der Waals surface area contributed by atoms with Crippen molar-refractivity contribution in [3.63, 3.8) is 0 Å². The topological polar surface area (TPSA) is 95.5 Å². The summed E-state index contributed by atoms with van der Waals surface area (Å²) in [6.45, 7) is 1.22. The van der Waals surface area contributed by atoms with E-state index in [0.29, 0.717) is 61.5 Å². The molecule has 7 heteroatoms. The predicted octanol–water partition coefficient (Wildman–Crippen LogP) is 1.81. The van der Waals surface area contributed by atoms with Crippen LogP contribution in [0.15, 0.2) is 29.1 Å². The number of ether oxygens (including phenoxy) is 1. The van der Waals surface area contributed by atoms with Gasteiger partial charge >= 0.3 is 5.97 Å². The molecule has 0 saturated carbocycles. The van der Waals surface area contributed by atoms with Crippen LogP contribution in [0.4, 0.5) is 5.95 Å². The van der Waals surface area contributed by atoms with Crippen molar-refractivity contribution in [3.8, 4) is 0 Å². The number of aromatic amines is 1. The number of hydrogen-bond donors (Lipinski definition) is 2. The number of rotatable bonds is 1. The van der Waals surface area contributed by atoms with Crippen molar-refractivity contribution in [1.82, 2.24) is 9.97 Å². The molecule has 1 spiro atoms.